The molecule has 0 spiro atoms. The molecular formula is C20H20N4O2S. The highest BCUT2D eigenvalue weighted by molar-refractivity contribution is 7.21. The highest BCUT2D eigenvalue weighted by atomic mass is 32.1. The van der Waals surface area contributed by atoms with Crippen LogP contribution in [0.1, 0.15) is 50.0 Å². The number of amides is 2. The van der Waals surface area contributed by atoms with Gasteiger partial charge in [-0.3, -0.25) is 14.7 Å². The second-order valence-corrected chi connectivity index (χ2v) is 8.28. The summed E-state index contributed by atoms with van der Waals surface area (Å²) in [4.78, 5) is 28.0. The number of H-pyrrole nitrogens is 1. The Bertz CT molecular complexity index is 1020. The van der Waals surface area contributed by atoms with Gasteiger partial charge in [-0.2, -0.15) is 5.10 Å². The summed E-state index contributed by atoms with van der Waals surface area (Å²) in [5.74, 6) is 0.386. The minimum absolute atomic E-state index is 0.00348. The third kappa shape index (κ3) is 2.82. The van der Waals surface area contributed by atoms with Crippen molar-refractivity contribution in [2.45, 2.75) is 25.2 Å². The molecule has 0 unspecified atom stereocenters. The lowest BCUT2D eigenvalue weighted by molar-refractivity contribution is 0.0706. The summed E-state index contributed by atoms with van der Waals surface area (Å²) < 4.78 is 1.07. The van der Waals surface area contributed by atoms with Crippen molar-refractivity contribution in [2.75, 3.05) is 19.6 Å². The Kier molecular flexibility index (Phi) is 3.97. The number of carbonyl (C=O) groups excluding carboxylic acids is 2. The molecule has 7 heteroatoms. The van der Waals surface area contributed by atoms with Crippen molar-refractivity contribution in [1.29, 1.82) is 0 Å². The van der Waals surface area contributed by atoms with Crippen LogP contribution in [0.3, 0.4) is 0 Å². The van der Waals surface area contributed by atoms with Crippen molar-refractivity contribution in [3.63, 3.8) is 0 Å². The highest BCUT2D eigenvalue weighted by Gasteiger charge is 2.27. The summed E-state index contributed by atoms with van der Waals surface area (Å²) in [6.45, 7) is 2.16. The summed E-state index contributed by atoms with van der Waals surface area (Å²) in [6.07, 6.45) is 4.65. The number of aromatic nitrogens is 2. The van der Waals surface area contributed by atoms with E-state index in [1.807, 2.05) is 29.2 Å². The van der Waals surface area contributed by atoms with Gasteiger partial charge in [0.15, 0.2) is 0 Å². The van der Waals surface area contributed by atoms with E-state index in [0.29, 0.717) is 24.6 Å². The first-order valence-corrected chi connectivity index (χ1v) is 10.1. The predicted molar refractivity (Wildman–Crippen MR) is 104 cm³/mol. The third-order valence-electron chi connectivity index (χ3n) is 5.58. The minimum Gasteiger partial charge on any atom is -0.351 e. The van der Waals surface area contributed by atoms with Crippen molar-refractivity contribution >= 4 is 33.2 Å². The second kappa shape index (κ2) is 6.49. The van der Waals surface area contributed by atoms with Crippen LogP contribution in [0.2, 0.25) is 0 Å². The van der Waals surface area contributed by atoms with Crippen molar-refractivity contribution in [1.82, 2.24) is 20.4 Å². The maximum absolute atomic E-state index is 13.1. The lowest BCUT2D eigenvalue weighted by atomic mass is 9.94. The SMILES string of the molecule is O=C1NCCc2c1sc1ccc(C(=O)N3CCC[C@@H](c4ccn[nH]4)C3)cc21. The lowest BCUT2D eigenvalue weighted by Gasteiger charge is -2.32. The first-order chi connectivity index (χ1) is 13.2. The number of carbonyl (C=O) groups is 2. The average molecular weight is 380 g/mol. The van der Waals surface area contributed by atoms with E-state index in [2.05, 4.69) is 15.5 Å². The number of hydrogen-bond acceptors (Lipinski definition) is 4. The molecule has 0 saturated carbocycles. The van der Waals surface area contributed by atoms with E-state index in [4.69, 9.17) is 0 Å². The number of aromatic amines is 1. The Hall–Kier alpha value is -2.67. The van der Waals surface area contributed by atoms with Gasteiger partial charge in [0, 0.05) is 47.7 Å². The fraction of sp³-hybridized carbons (Fsp3) is 0.350. The fourth-order valence-corrected chi connectivity index (χ4v) is 5.33. The predicted octanol–water partition coefficient (Wildman–Crippen LogP) is 2.93. The van der Waals surface area contributed by atoms with Gasteiger partial charge in [0.1, 0.15) is 0 Å². The number of rotatable bonds is 2. The van der Waals surface area contributed by atoms with Gasteiger partial charge in [-0.05, 0) is 54.5 Å². The average Bonchev–Trinajstić information content (AvgIpc) is 3.36. The molecular weight excluding hydrogens is 360 g/mol. The van der Waals surface area contributed by atoms with Crippen molar-refractivity contribution in [3.8, 4) is 0 Å². The van der Waals surface area contributed by atoms with Crippen LogP contribution in [0.4, 0.5) is 0 Å². The molecule has 2 aromatic heterocycles. The van der Waals surface area contributed by atoms with Gasteiger partial charge in [-0.15, -0.1) is 11.3 Å². The van der Waals surface area contributed by atoms with Gasteiger partial charge in [0.25, 0.3) is 11.8 Å². The summed E-state index contributed by atoms with van der Waals surface area (Å²) in [6, 6.07) is 7.85. The number of fused-ring (bicyclic) bond motifs is 3. The Balaban J connectivity index is 1.44. The van der Waals surface area contributed by atoms with Gasteiger partial charge < -0.3 is 10.2 Å². The zero-order valence-corrected chi connectivity index (χ0v) is 15.6. The first kappa shape index (κ1) is 16.5. The molecule has 5 rings (SSSR count). The monoisotopic (exact) mass is 380 g/mol. The molecule has 6 nitrogen and oxygen atoms in total. The number of thiophene rings is 1. The molecule has 1 aromatic carbocycles. The van der Waals surface area contributed by atoms with Crippen molar-refractivity contribution < 1.29 is 9.59 Å². The number of likely N-dealkylation sites (tertiary alicyclic amines) is 1. The van der Waals surface area contributed by atoms with Crippen LogP contribution in [-0.2, 0) is 6.42 Å². The number of nitrogens with one attached hydrogen (secondary N) is 2. The first-order valence-electron chi connectivity index (χ1n) is 9.33. The van der Waals surface area contributed by atoms with E-state index < -0.39 is 0 Å². The molecule has 2 aliphatic rings. The Morgan fingerprint density at radius 3 is 3.07 bits per heavy atom. The summed E-state index contributed by atoms with van der Waals surface area (Å²) in [7, 11) is 0. The van der Waals surface area contributed by atoms with E-state index in [1.54, 1.807) is 6.20 Å². The van der Waals surface area contributed by atoms with E-state index in [9.17, 15) is 9.59 Å². The molecule has 1 saturated heterocycles. The van der Waals surface area contributed by atoms with E-state index >= 15 is 0 Å². The smallest absolute Gasteiger partial charge is 0.261 e. The molecule has 3 aromatic rings. The maximum atomic E-state index is 13.1. The molecule has 2 N–H and O–H groups in total. The van der Waals surface area contributed by atoms with Crippen LogP contribution in [0.15, 0.2) is 30.5 Å². The normalized spacial score (nSPS) is 19.8. The number of nitrogens with zero attached hydrogens (tertiary/aromatic N) is 2. The Morgan fingerprint density at radius 1 is 1.30 bits per heavy atom. The molecule has 2 amide bonds. The molecule has 0 radical (unpaired) electrons. The van der Waals surface area contributed by atoms with Crippen LogP contribution in [0.25, 0.3) is 10.1 Å². The lowest BCUT2D eigenvalue weighted by Crippen LogP contribution is -2.39. The van der Waals surface area contributed by atoms with Gasteiger partial charge in [-0.25, -0.2) is 0 Å². The Morgan fingerprint density at radius 2 is 2.22 bits per heavy atom. The van der Waals surface area contributed by atoms with Crippen molar-refractivity contribution in [3.05, 3.63) is 52.2 Å². The summed E-state index contributed by atoms with van der Waals surface area (Å²) >= 11 is 1.51. The Labute approximate surface area is 160 Å². The molecule has 2 aliphatic heterocycles. The van der Waals surface area contributed by atoms with E-state index in [-0.39, 0.29) is 11.8 Å². The second-order valence-electron chi connectivity index (χ2n) is 7.23. The molecule has 1 atom stereocenters. The fourth-order valence-electron chi connectivity index (χ4n) is 4.19. The van der Waals surface area contributed by atoms with E-state index in [1.165, 1.54) is 11.3 Å². The quantitative estimate of drug-likeness (QED) is 0.718. The summed E-state index contributed by atoms with van der Waals surface area (Å²) in [5, 5.41) is 11.0. The molecule has 0 aliphatic carbocycles. The molecule has 27 heavy (non-hydrogen) atoms. The highest BCUT2D eigenvalue weighted by Crippen LogP contribution is 2.34. The number of benzene rings is 1. The molecule has 138 valence electrons. The topological polar surface area (TPSA) is 78.1 Å². The van der Waals surface area contributed by atoms with Gasteiger partial charge in [0.05, 0.1) is 4.88 Å². The van der Waals surface area contributed by atoms with Crippen LogP contribution < -0.4 is 5.32 Å². The molecule has 1 fully saturated rings. The zero-order valence-electron chi connectivity index (χ0n) is 14.8. The summed E-state index contributed by atoms with van der Waals surface area (Å²) in [5.41, 5.74) is 2.89. The van der Waals surface area contributed by atoms with Crippen LogP contribution in [-0.4, -0.2) is 46.5 Å². The van der Waals surface area contributed by atoms with Gasteiger partial charge in [0.2, 0.25) is 0 Å². The standard InChI is InChI=1S/C20H20N4O2S/c25-19-18-14(5-7-21-19)15-10-12(3-4-17(15)27-18)20(26)24-9-1-2-13(11-24)16-6-8-22-23-16/h3-4,6,8,10,13H,1-2,5,7,9,11H2,(H,21,25)(H,22,23)/t13-/m1/s1. The van der Waals surface area contributed by atoms with Crippen molar-refractivity contribution in [2.24, 2.45) is 0 Å². The largest absolute Gasteiger partial charge is 0.351 e. The minimum atomic E-state index is 0.00348. The van der Waals surface area contributed by atoms with Gasteiger partial charge >= 0.3 is 0 Å². The molecule has 4 heterocycles. The van der Waals surface area contributed by atoms with Crippen LogP contribution in [0, 0.1) is 0 Å². The third-order valence-corrected chi connectivity index (χ3v) is 6.79. The van der Waals surface area contributed by atoms with E-state index in [0.717, 1.165) is 52.0 Å². The number of hydrogen-bond donors (Lipinski definition) is 2. The van der Waals surface area contributed by atoms with Gasteiger partial charge in [-0.1, -0.05) is 0 Å². The number of piperidine rings is 1. The maximum Gasteiger partial charge on any atom is 0.261 e. The van der Waals surface area contributed by atoms with Crippen LogP contribution >= 0.6 is 11.3 Å². The zero-order chi connectivity index (χ0) is 18.4. The molecule has 0 bridgehead atoms. The van der Waals surface area contributed by atoms with Crippen LogP contribution in [0.5, 0.6) is 0 Å².